The van der Waals surface area contributed by atoms with Crippen LogP contribution in [0.25, 0.3) is 0 Å². The molecular formula is C10H13NO2. The molecule has 1 aromatic carbocycles. The van der Waals surface area contributed by atoms with Gasteiger partial charge in [-0.25, -0.2) is 0 Å². The fraction of sp³-hybridized carbons (Fsp3) is 0.300. The first kappa shape index (κ1) is 9.74. The molecule has 0 aliphatic carbocycles. The molecule has 0 aliphatic heterocycles. The first-order valence-electron chi connectivity index (χ1n) is 4.16. The van der Waals surface area contributed by atoms with Crippen LogP contribution in [0.5, 0.6) is 0 Å². The van der Waals surface area contributed by atoms with Crippen molar-refractivity contribution in [1.82, 2.24) is 0 Å². The first-order chi connectivity index (χ1) is 6.27. The van der Waals surface area contributed by atoms with E-state index >= 15 is 0 Å². The van der Waals surface area contributed by atoms with Crippen LogP contribution in [-0.2, 0) is 6.42 Å². The maximum absolute atomic E-state index is 8.68. The van der Waals surface area contributed by atoms with Gasteiger partial charge >= 0.3 is 0 Å². The van der Waals surface area contributed by atoms with Gasteiger partial charge in [0, 0.05) is 6.61 Å². The molecule has 2 N–H and O–H groups in total. The summed E-state index contributed by atoms with van der Waals surface area (Å²) in [5.74, 6) is 0. The van der Waals surface area contributed by atoms with E-state index < -0.39 is 0 Å². The lowest BCUT2D eigenvalue weighted by Crippen LogP contribution is -1.96. The van der Waals surface area contributed by atoms with Crippen LogP contribution in [0.2, 0.25) is 0 Å². The number of aliphatic hydroxyl groups excluding tert-OH is 1. The zero-order valence-electron chi connectivity index (χ0n) is 7.57. The second-order valence-corrected chi connectivity index (χ2v) is 2.86. The van der Waals surface area contributed by atoms with Gasteiger partial charge in [0.05, 0.1) is 5.71 Å². The Kier molecular flexibility index (Phi) is 3.46. The van der Waals surface area contributed by atoms with Crippen LogP contribution in [0.3, 0.4) is 0 Å². The Morgan fingerprint density at radius 1 is 1.31 bits per heavy atom. The lowest BCUT2D eigenvalue weighted by atomic mass is 10.1. The van der Waals surface area contributed by atoms with Crippen LogP contribution in [-0.4, -0.2) is 22.6 Å². The Bertz CT molecular complexity index is 290. The van der Waals surface area contributed by atoms with Crippen LogP contribution < -0.4 is 0 Å². The van der Waals surface area contributed by atoms with Crippen LogP contribution >= 0.6 is 0 Å². The quantitative estimate of drug-likeness (QED) is 0.419. The molecule has 0 radical (unpaired) electrons. The third-order valence-corrected chi connectivity index (χ3v) is 1.92. The van der Waals surface area contributed by atoms with Gasteiger partial charge in [-0.1, -0.05) is 29.4 Å². The number of hydrogen-bond donors (Lipinski definition) is 2. The van der Waals surface area contributed by atoms with Crippen molar-refractivity contribution < 1.29 is 10.3 Å². The van der Waals surface area contributed by atoms with Crippen molar-refractivity contribution in [2.24, 2.45) is 5.16 Å². The minimum absolute atomic E-state index is 0.159. The summed E-state index contributed by atoms with van der Waals surface area (Å²) >= 11 is 0. The second-order valence-electron chi connectivity index (χ2n) is 2.86. The van der Waals surface area contributed by atoms with Crippen LogP contribution in [0.15, 0.2) is 29.4 Å². The van der Waals surface area contributed by atoms with Crippen molar-refractivity contribution in [3.8, 4) is 0 Å². The molecule has 0 atom stereocenters. The Balaban J connectivity index is 2.81. The van der Waals surface area contributed by atoms with Crippen molar-refractivity contribution >= 4 is 5.71 Å². The Hall–Kier alpha value is -1.35. The van der Waals surface area contributed by atoms with Gasteiger partial charge < -0.3 is 10.3 Å². The highest BCUT2D eigenvalue weighted by Gasteiger charge is 1.97. The Morgan fingerprint density at radius 3 is 2.38 bits per heavy atom. The normalized spacial score (nSPS) is 11.7. The number of benzene rings is 1. The van der Waals surface area contributed by atoms with Crippen molar-refractivity contribution in [3.05, 3.63) is 35.4 Å². The molecule has 3 heteroatoms. The molecule has 0 fully saturated rings. The van der Waals surface area contributed by atoms with E-state index in [1.54, 1.807) is 6.92 Å². The maximum atomic E-state index is 8.68. The van der Waals surface area contributed by atoms with Crippen molar-refractivity contribution in [1.29, 1.82) is 0 Å². The lowest BCUT2D eigenvalue weighted by molar-refractivity contribution is 0.299. The van der Waals surface area contributed by atoms with Crippen LogP contribution in [0, 0.1) is 0 Å². The van der Waals surface area contributed by atoms with E-state index in [2.05, 4.69) is 5.16 Å². The summed E-state index contributed by atoms with van der Waals surface area (Å²) in [6.07, 6.45) is 0.662. The second kappa shape index (κ2) is 4.62. The van der Waals surface area contributed by atoms with E-state index in [1.165, 1.54) is 0 Å². The summed E-state index contributed by atoms with van der Waals surface area (Å²) in [5, 5.41) is 20.3. The highest BCUT2D eigenvalue weighted by molar-refractivity contribution is 5.98. The zero-order chi connectivity index (χ0) is 9.68. The molecule has 0 unspecified atom stereocenters. The van der Waals surface area contributed by atoms with E-state index in [0.29, 0.717) is 12.1 Å². The molecule has 0 amide bonds. The average Bonchev–Trinajstić information content (AvgIpc) is 2.18. The number of hydrogen-bond acceptors (Lipinski definition) is 3. The summed E-state index contributed by atoms with van der Waals surface area (Å²) in [4.78, 5) is 0. The monoisotopic (exact) mass is 179 g/mol. The van der Waals surface area contributed by atoms with Crippen LogP contribution in [0.4, 0.5) is 0 Å². The smallest absolute Gasteiger partial charge is 0.0836 e. The van der Waals surface area contributed by atoms with Gasteiger partial charge in [-0.15, -0.1) is 0 Å². The molecule has 0 spiro atoms. The maximum Gasteiger partial charge on any atom is 0.0836 e. The summed E-state index contributed by atoms with van der Waals surface area (Å²) in [7, 11) is 0. The van der Waals surface area contributed by atoms with E-state index in [-0.39, 0.29) is 6.61 Å². The van der Waals surface area contributed by atoms with Gasteiger partial charge in [-0.2, -0.15) is 0 Å². The van der Waals surface area contributed by atoms with Gasteiger partial charge in [0.25, 0.3) is 0 Å². The third kappa shape index (κ3) is 2.56. The molecule has 3 nitrogen and oxygen atoms in total. The number of aliphatic hydroxyl groups is 1. The third-order valence-electron chi connectivity index (χ3n) is 1.92. The number of oxime groups is 1. The molecule has 0 aromatic heterocycles. The molecule has 0 saturated heterocycles. The highest BCUT2D eigenvalue weighted by atomic mass is 16.4. The minimum atomic E-state index is 0.159. The van der Waals surface area contributed by atoms with Crippen LogP contribution in [0.1, 0.15) is 18.1 Å². The van der Waals surface area contributed by atoms with Gasteiger partial charge in [0.1, 0.15) is 0 Å². The summed E-state index contributed by atoms with van der Waals surface area (Å²) in [5.41, 5.74) is 2.57. The van der Waals surface area contributed by atoms with E-state index in [1.807, 2.05) is 24.3 Å². The van der Waals surface area contributed by atoms with Gasteiger partial charge in [0.15, 0.2) is 0 Å². The van der Waals surface area contributed by atoms with E-state index in [9.17, 15) is 0 Å². The molecule has 0 heterocycles. The van der Waals surface area contributed by atoms with Gasteiger partial charge in [0.2, 0.25) is 0 Å². The van der Waals surface area contributed by atoms with E-state index in [4.69, 9.17) is 10.3 Å². The summed E-state index contributed by atoms with van der Waals surface area (Å²) in [6.45, 7) is 1.90. The summed E-state index contributed by atoms with van der Waals surface area (Å²) < 4.78 is 0. The topological polar surface area (TPSA) is 52.8 Å². The van der Waals surface area contributed by atoms with Crippen molar-refractivity contribution in [2.45, 2.75) is 13.3 Å². The molecular weight excluding hydrogens is 166 g/mol. The van der Waals surface area contributed by atoms with Gasteiger partial charge in [-0.3, -0.25) is 0 Å². The Labute approximate surface area is 77.3 Å². The molecule has 70 valence electrons. The first-order valence-corrected chi connectivity index (χ1v) is 4.16. The average molecular weight is 179 g/mol. The fourth-order valence-corrected chi connectivity index (χ4v) is 1.10. The Morgan fingerprint density at radius 2 is 1.92 bits per heavy atom. The van der Waals surface area contributed by atoms with Crippen molar-refractivity contribution in [2.75, 3.05) is 6.61 Å². The minimum Gasteiger partial charge on any atom is -0.411 e. The highest BCUT2D eigenvalue weighted by Crippen LogP contribution is 2.05. The standard InChI is InChI=1S/C10H13NO2/c1-8(11-13)10-4-2-9(3-5-10)6-7-12/h2-5,12-13H,6-7H2,1H3. The lowest BCUT2D eigenvalue weighted by Gasteiger charge is -2.00. The number of rotatable bonds is 3. The molecule has 1 rings (SSSR count). The number of nitrogens with zero attached hydrogens (tertiary/aromatic N) is 1. The predicted molar refractivity (Wildman–Crippen MR) is 51.2 cm³/mol. The van der Waals surface area contributed by atoms with Gasteiger partial charge in [-0.05, 0) is 24.5 Å². The zero-order valence-corrected chi connectivity index (χ0v) is 7.57. The molecule has 1 aromatic rings. The molecule has 0 saturated carbocycles. The summed E-state index contributed by atoms with van der Waals surface area (Å²) in [6, 6.07) is 7.58. The van der Waals surface area contributed by atoms with E-state index in [0.717, 1.165) is 11.1 Å². The van der Waals surface area contributed by atoms with Crippen molar-refractivity contribution in [3.63, 3.8) is 0 Å². The SMILES string of the molecule is CC(=NO)c1ccc(CCO)cc1. The predicted octanol–water partition coefficient (Wildman–Crippen LogP) is 1.42. The fourth-order valence-electron chi connectivity index (χ4n) is 1.10. The molecule has 13 heavy (non-hydrogen) atoms. The largest absolute Gasteiger partial charge is 0.411 e. The molecule has 0 bridgehead atoms. The molecule has 0 aliphatic rings.